The van der Waals surface area contributed by atoms with Crippen molar-refractivity contribution in [3.05, 3.63) is 76.5 Å². The molecule has 0 aliphatic carbocycles. The average molecular weight is 511 g/mol. The van der Waals surface area contributed by atoms with Gasteiger partial charge in [-0.15, -0.1) is 0 Å². The van der Waals surface area contributed by atoms with E-state index in [1.54, 1.807) is 50.6 Å². The number of aromatic nitrogens is 3. The molecule has 0 saturated carbocycles. The minimum atomic E-state index is -3.92. The maximum Gasteiger partial charge on any atom is 0.300 e. The van der Waals surface area contributed by atoms with E-state index < -0.39 is 10.0 Å². The maximum atomic E-state index is 13.2. The summed E-state index contributed by atoms with van der Waals surface area (Å²) < 4.78 is 46.0. The lowest BCUT2D eigenvalue weighted by molar-refractivity contribution is 0.145. The number of hydrogen-bond acceptors (Lipinski definition) is 8. The topological polar surface area (TPSA) is 121 Å². The smallest absolute Gasteiger partial charge is 0.300 e. The van der Waals surface area contributed by atoms with Crippen molar-refractivity contribution in [3.63, 3.8) is 0 Å². The van der Waals surface area contributed by atoms with E-state index in [0.717, 1.165) is 5.56 Å². The zero-order valence-corrected chi connectivity index (χ0v) is 21.1. The van der Waals surface area contributed by atoms with E-state index in [1.807, 2.05) is 13.0 Å². The van der Waals surface area contributed by atoms with Gasteiger partial charge in [0.15, 0.2) is 0 Å². The molecule has 0 spiro atoms. The van der Waals surface area contributed by atoms with E-state index in [0.29, 0.717) is 28.9 Å². The maximum absolute atomic E-state index is 13.2. The Balaban J connectivity index is 1.73. The Morgan fingerprint density at radius 3 is 2.53 bits per heavy atom. The molecule has 3 heterocycles. The summed E-state index contributed by atoms with van der Waals surface area (Å²) in [7, 11) is -0.969. The van der Waals surface area contributed by atoms with E-state index in [-0.39, 0.29) is 34.4 Å². The molecule has 0 fully saturated rings. The van der Waals surface area contributed by atoms with Gasteiger partial charge in [-0.25, -0.2) is 18.4 Å². The van der Waals surface area contributed by atoms with Crippen LogP contribution >= 0.6 is 0 Å². The van der Waals surface area contributed by atoms with Gasteiger partial charge in [0.1, 0.15) is 17.9 Å². The first-order chi connectivity index (χ1) is 17.2. The highest BCUT2D eigenvalue weighted by atomic mass is 32.2. The first kappa shape index (κ1) is 25.1. The standard InChI is InChI=1S/C25H26N4O6S/c1-16-5-6-17(2)22(11-16)36(31,32)28-20-12-19(13-27-24(20)34-4)18-7-8-23-26-14-21(35-10-9-33-3)25(30)29(23)15-18/h5-8,11-15,28H,9-10H2,1-4H3. The molecule has 4 aromatic rings. The molecule has 1 N–H and O–H groups in total. The fourth-order valence-corrected chi connectivity index (χ4v) is 4.99. The highest BCUT2D eigenvalue weighted by molar-refractivity contribution is 7.92. The number of benzene rings is 1. The predicted molar refractivity (Wildman–Crippen MR) is 135 cm³/mol. The van der Waals surface area contributed by atoms with Crippen LogP contribution in [0.25, 0.3) is 16.8 Å². The van der Waals surface area contributed by atoms with Gasteiger partial charge in [-0.1, -0.05) is 12.1 Å². The molecular weight excluding hydrogens is 484 g/mol. The Bertz CT molecular complexity index is 1580. The van der Waals surface area contributed by atoms with Gasteiger partial charge >= 0.3 is 0 Å². The average Bonchev–Trinajstić information content (AvgIpc) is 2.86. The van der Waals surface area contributed by atoms with Crippen molar-refractivity contribution in [2.24, 2.45) is 0 Å². The summed E-state index contributed by atoms with van der Waals surface area (Å²) in [6.45, 7) is 4.10. The normalized spacial score (nSPS) is 11.4. The summed E-state index contributed by atoms with van der Waals surface area (Å²) in [6.07, 6.45) is 4.51. The van der Waals surface area contributed by atoms with Crippen molar-refractivity contribution in [1.29, 1.82) is 0 Å². The molecule has 188 valence electrons. The number of hydrogen-bond donors (Lipinski definition) is 1. The van der Waals surface area contributed by atoms with Crippen LogP contribution in [0.2, 0.25) is 0 Å². The van der Waals surface area contributed by atoms with Crippen LogP contribution in [-0.2, 0) is 14.8 Å². The number of nitrogens with one attached hydrogen (secondary N) is 1. The molecule has 0 unspecified atom stereocenters. The number of nitrogens with zero attached hydrogens (tertiary/aromatic N) is 3. The number of aryl methyl sites for hydroxylation is 2. The second-order valence-corrected chi connectivity index (χ2v) is 9.72. The molecule has 36 heavy (non-hydrogen) atoms. The molecule has 11 heteroatoms. The Labute approximate surface area is 208 Å². The van der Waals surface area contributed by atoms with Crippen LogP contribution in [0.5, 0.6) is 11.6 Å². The summed E-state index contributed by atoms with van der Waals surface area (Å²) in [6, 6.07) is 10.3. The molecule has 1 aromatic carbocycles. The quantitative estimate of drug-likeness (QED) is 0.341. The Hall–Kier alpha value is -3.96. The SMILES string of the molecule is COCCOc1cnc2ccc(-c3cnc(OC)c(NS(=O)(=O)c4cc(C)ccc4C)c3)cn2c1=O. The summed E-state index contributed by atoms with van der Waals surface area (Å²) in [5.74, 6) is 0.206. The Kier molecular flexibility index (Phi) is 7.22. The third-order valence-corrected chi connectivity index (χ3v) is 6.98. The van der Waals surface area contributed by atoms with Crippen LogP contribution in [0.4, 0.5) is 5.69 Å². The number of sulfonamides is 1. The number of anilines is 1. The van der Waals surface area contributed by atoms with Crippen LogP contribution in [0.15, 0.2) is 64.7 Å². The minimum Gasteiger partial charge on any atom is -0.484 e. The molecule has 0 amide bonds. The summed E-state index contributed by atoms with van der Waals surface area (Å²) >= 11 is 0. The van der Waals surface area contributed by atoms with E-state index in [2.05, 4.69) is 14.7 Å². The van der Waals surface area contributed by atoms with Crippen LogP contribution in [0, 0.1) is 13.8 Å². The van der Waals surface area contributed by atoms with Gasteiger partial charge in [-0.2, -0.15) is 0 Å². The minimum absolute atomic E-state index is 0.0940. The van der Waals surface area contributed by atoms with Crippen molar-refractivity contribution >= 4 is 21.4 Å². The van der Waals surface area contributed by atoms with Crippen LogP contribution in [0.3, 0.4) is 0 Å². The van der Waals surface area contributed by atoms with Crippen molar-refractivity contribution in [1.82, 2.24) is 14.4 Å². The molecule has 0 aliphatic heterocycles. The van der Waals surface area contributed by atoms with Crippen molar-refractivity contribution in [2.45, 2.75) is 18.7 Å². The molecule has 0 aliphatic rings. The van der Waals surface area contributed by atoms with Crippen LogP contribution < -0.4 is 19.8 Å². The monoisotopic (exact) mass is 510 g/mol. The fraction of sp³-hybridized carbons (Fsp3) is 0.240. The van der Waals surface area contributed by atoms with E-state index in [9.17, 15) is 13.2 Å². The lowest BCUT2D eigenvalue weighted by atomic mass is 10.1. The highest BCUT2D eigenvalue weighted by Gasteiger charge is 2.20. The molecule has 10 nitrogen and oxygen atoms in total. The largest absolute Gasteiger partial charge is 0.484 e. The highest BCUT2D eigenvalue weighted by Crippen LogP contribution is 2.31. The molecule has 0 saturated heterocycles. The van der Waals surface area contributed by atoms with Crippen molar-refractivity contribution in [2.75, 3.05) is 32.2 Å². The van der Waals surface area contributed by atoms with Gasteiger partial charge in [-0.05, 0) is 49.2 Å². The van der Waals surface area contributed by atoms with E-state index in [4.69, 9.17) is 14.2 Å². The van der Waals surface area contributed by atoms with E-state index >= 15 is 0 Å². The first-order valence-corrected chi connectivity index (χ1v) is 12.5. The predicted octanol–water partition coefficient (Wildman–Crippen LogP) is 3.21. The van der Waals surface area contributed by atoms with Gasteiger partial charge in [-0.3, -0.25) is 13.9 Å². The van der Waals surface area contributed by atoms with Gasteiger partial charge in [0, 0.05) is 30.6 Å². The zero-order valence-electron chi connectivity index (χ0n) is 20.3. The molecule has 3 aromatic heterocycles. The third kappa shape index (κ3) is 5.16. The second-order valence-electron chi connectivity index (χ2n) is 8.07. The number of rotatable bonds is 9. The second kappa shape index (κ2) is 10.3. The molecule has 0 atom stereocenters. The summed E-state index contributed by atoms with van der Waals surface area (Å²) in [4.78, 5) is 21.6. The summed E-state index contributed by atoms with van der Waals surface area (Å²) in [5, 5.41) is 0. The number of ether oxygens (including phenoxy) is 3. The molecule has 0 radical (unpaired) electrons. The van der Waals surface area contributed by atoms with Crippen LogP contribution in [-0.4, -0.2) is 50.2 Å². The number of methoxy groups -OCH3 is 2. The Morgan fingerprint density at radius 2 is 1.78 bits per heavy atom. The lowest BCUT2D eigenvalue weighted by Gasteiger charge is -2.14. The van der Waals surface area contributed by atoms with Gasteiger partial charge in [0.05, 0.1) is 24.8 Å². The Morgan fingerprint density at radius 1 is 0.972 bits per heavy atom. The van der Waals surface area contributed by atoms with Gasteiger partial charge in [0.2, 0.25) is 11.6 Å². The fourth-order valence-electron chi connectivity index (χ4n) is 3.61. The van der Waals surface area contributed by atoms with E-state index in [1.165, 1.54) is 23.9 Å². The molecule has 0 bridgehead atoms. The number of pyridine rings is 2. The van der Waals surface area contributed by atoms with Gasteiger partial charge in [0.25, 0.3) is 15.6 Å². The molecular formula is C25H26N4O6S. The van der Waals surface area contributed by atoms with Crippen LogP contribution in [0.1, 0.15) is 11.1 Å². The first-order valence-electron chi connectivity index (χ1n) is 11.0. The van der Waals surface area contributed by atoms with Gasteiger partial charge < -0.3 is 14.2 Å². The number of fused-ring (bicyclic) bond motifs is 1. The lowest BCUT2D eigenvalue weighted by Crippen LogP contribution is -2.19. The van der Waals surface area contributed by atoms with Crippen molar-refractivity contribution in [3.8, 4) is 22.8 Å². The molecule has 4 rings (SSSR count). The summed E-state index contributed by atoms with van der Waals surface area (Å²) in [5.41, 5.74) is 2.83. The van der Waals surface area contributed by atoms with Crippen molar-refractivity contribution < 1.29 is 22.6 Å². The zero-order chi connectivity index (χ0) is 25.9. The third-order valence-electron chi connectivity index (χ3n) is 5.47.